The quantitative estimate of drug-likeness (QED) is 0.689. The van der Waals surface area contributed by atoms with Crippen LogP contribution in [-0.4, -0.2) is 42.9 Å². The fraction of sp³-hybridized carbons (Fsp3) is 0.409. The molecule has 1 aliphatic heterocycles. The summed E-state index contributed by atoms with van der Waals surface area (Å²) in [7, 11) is -3.13. The van der Waals surface area contributed by atoms with Gasteiger partial charge in [-0.3, -0.25) is 4.79 Å². The summed E-state index contributed by atoms with van der Waals surface area (Å²) < 4.78 is 29.9. The van der Waals surface area contributed by atoms with Crippen LogP contribution in [0.15, 0.2) is 42.5 Å². The number of halogens is 1. The maximum Gasteiger partial charge on any atom is 0.263 e. The van der Waals surface area contributed by atoms with E-state index in [0.717, 1.165) is 16.7 Å². The van der Waals surface area contributed by atoms with E-state index >= 15 is 0 Å². The lowest BCUT2D eigenvalue weighted by atomic mass is 10.1. The zero-order chi connectivity index (χ0) is 21.2. The molecule has 2 aromatic carbocycles. The van der Waals surface area contributed by atoms with Gasteiger partial charge in [-0.05, 0) is 68.1 Å². The number of benzene rings is 2. The van der Waals surface area contributed by atoms with E-state index in [-0.39, 0.29) is 23.5 Å². The average molecular weight is 436 g/mol. The summed E-state index contributed by atoms with van der Waals surface area (Å²) in [5.41, 5.74) is 3.09. The topological polar surface area (TPSA) is 63.7 Å². The summed E-state index contributed by atoms with van der Waals surface area (Å²) in [5, 5.41) is 0.577. The second kappa shape index (κ2) is 8.76. The largest absolute Gasteiger partial charge is 0.481 e. The second-order valence-electron chi connectivity index (χ2n) is 7.66. The number of amides is 1. The lowest BCUT2D eigenvalue weighted by molar-refractivity contribution is -0.140. The van der Waals surface area contributed by atoms with Crippen LogP contribution in [-0.2, 0) is 21.2 Å². The smallest absolute Gasteiger partial charge is 0.263 e. The third kappa shape index (κ3) is 5.52. The number of hydrogen-bond acceptors (Lipinski definition) is 4. The van der Waals surface area contributed by atoms with Gasteiger partial charge in [-0.25, -0.2) is 8.42 Å². The average Bonchev–Trinajstić information content (AvgIpc) is 3.02. The summed E-state index contributed by atoms with van der Waals surface area (Å²) in [6.07, 6.45) is -0.301. The highest BCUT2D eigenvalue weighted by Crippen LogP contribution is 2.24. The molecule has 29 heavy (non-hydrogen) atoms. The Labute approximate surface area is 177 Å². The van der Waals surface area contributed by atoms with E-state index in [1.165, 1.54) is 0 Å². The molecular weight excluding hydrogens is 410 g/mol. The first kappa shape index (κ1) is 21.7. The van der Waals surface area contributed by atoms with Crippen LogP contribution in [0.25, 0.3) is 0 Å². The van der Waals surface area contributed by atoms with Gasteiger partial charge in [0, 0.05) is 17.6 Å². The Kier molecular flexibility index (Phi) is 6.54. The molecule has 0 spiro atoms. The van der Waals surface area contributed by atoms with Crippen LogP contribution in [0.4, 0.5) is 0 Å². The Hall–Kier alpha value is -2.05. The Balaban J connectivity index is 1.81. The molecule has 0 aromatic heterocycles. The highest BCUT2D eigenvalue weighted by atomic mass is 35.5. The van der Waals surface area contributed by atoms with Crippen molar-refractivity contribution in [3.63, 3.8) is 0 Å². The van der Waals surface area contributed by atoms with E-state index in [1.54, 1.807) is 24.0 Å². The monoisotopic (exact) mass is 435 g/mol. The minimum absolute atomic E-state index is 0.0182. The molecule has 1 heterocycles. The maximum absolute atomic E-state index is 13.3. The SMILES string of the molecule is Cc1ccc(OC(C)C(=O)N(Cc2cccc(Cl)c2)C2CCS(=O)(=O)C2)cc1C. The number of sulfone groups is 1. The van der Waals surface area contributed by atoms with Crippen molar-refractivity contribution in [3.05, 3.63) is 64.2 Å². The molecule has 0 N–H and O–H groups in total. The van der Waals surface area contributed by atoms with E-state index in [1.807, 2.05) is 44.2 Å². The van der Waals surface area contributed by atoms with Gasteiger partial charge in [0.2, 0.25) is 0 Å². The van der Waals surface area contributed by atoms with Gasteiger partial charge in [0.25, 0.3) is 5.91 Å². The number of nitrogens with zero attached hydrogens (tertiary/aromatic N) is 1. The molecule has 3 rings (SSSR count). The lowest BCUT2D eigenvalue weighted by Gasteiger charge is -2.31. The Morgan fingerprint density at radius 1 is 1.21 bits per heavy atom. The maximum atomic E-state index is 13.3. The second-order valence-corrected chi connectivity index (χ2v) is 10.3. The zero-order valence-electron chi connectivity index (χ0n) is 16.9. The molecule has 2 unspecified atom stereocenters. The predicted octanol–water partition coefficient (Wildman–Crippen LogP) is 3.94. The van der Waals surface area contributed by atoms with E-state index in [2.05, 4.69) is 0 Å². The predicted molar refractivity (Wildman–Crippen MR) is 115 cm³/mol. The Bertz CT molecular complexity index is 1010. The molecule has 1 aliphatic rings. The molecule has 0 aliphatic carbocycles. The minimum atomic E-state index is -3.13. The summed E-state index contributed by atoms with van der Waals surface area (Å²) >= 11 is 6.09. The molecule has 156 valence electrons. The number of rotatable bonds is 6. The number of ether oxygens (including phenoxy) is 1. The van der Waals surface area contributed by atoms with Crippen LogP contribution in [0, 0.1) is 13.8 Å². The van der Waals surface area contributed by atoms with Crippen LogP contribution < -0.4 is 4.74 Å². The Morgan fingerprint density at radius 3 is 2.59 bits per heavy atom. The van der Waals surface area contributed by atoms with Crippen molar-refractivity contribution in [3.8, 4) is 5.75 Å². The van der Waals surface area contributed by atoms with Crippen LogP contribution in [0.5, 0.6) is 5.75 Å². The minimum Gasteiger partial charge on any atom is -0.481 e. The first-order chi connectivity index (χ1) is 13.6. The van der Waals surface area contributed by atoms with Gasteiger partial charge in [-0.1, -0.05) is 29.8 Å². The highest BCUT2D eigenvalue weighted by molar-refractivity contribution is 7.91. The fourth-order valence-electron chi connectivity index (χ4n) is 3.52. The molecule has 5 nitrogen and oxygen atoms in total. The number of carbonyl (C=O) groups excluding carboxylic acids is 1. The lowest BCUT2D eigenvalue weighted by Crippen LogP contribution is -2.46. The molecule has 1 amide bonds. The van der Waals surface area contributed by atoms with Gasteiger partial charge in [0.1, 0.15) is 5.75 Å². The van der Waals surface area contributed by atoms with Crippen LogP contribution in [0.3, 0.4) is 0 Å². The van der Waals surface area contributed by atoms with Crippen molar-refractivity contribution in [2.75, 3.05) is 11.5 Å². The van der Waals surface area contributed by atoms with Crippen molar-refractivity contribution in [1.82, 2.24) is 4.90 Å². The van der Waals surface area contributed by atoms with Gasteiger partial charge >= 0.3 is 0 Å². The number of carbonyl (C=O) groups is 1. The number of aryl methyl sites for hydroxylation is 2. The normalized spacial score (nSPS) is 19.0. The van der Waals surface area contributed by atoms with Crippen molar-refractivity contribution >= 4 is 27.3 Å². The summed E-state index contributed by atoms with van der Waals surface area (Å²) in [4.78, 5) is 14.9. The third-order valence-electron chi connectivity index (χ3n) is 5.31. The van der Waals surface area contributed by atoms with Crippen molar-refractivity contribution in [2.45, 2.75) is 45.9 Å². The van der Waals surface area contributed by atoms with Crippen LogP contribution in [0.2, 0.25) is 5.02 Å². The first-order valence-electron chi connectivity index (χ1n) is 9.64. The summed E-state index contributed by atoms with van der Waals surface area (Å²) in [6, 6.07) is 12.6. The van der Waals surface area contributed by atoms with Crippen LogP contribution >= 0.6 is 11.6 Å². The van der Waals surface area contributed by atoms with E-state index < -0.39 is 15.9 Å². The zero-order valence-corrected chi connectivity index (χ0v) is 18.5. The molecule has 7 heteroatoms. The Morgan fingerprint density at radius 2 is 1.97 bits per heavy atom. The third-order valence-corrected chi connectivity index (χ3v) is 7.30. The van der Waals surface area contributed by atoms with Crippen LogP contribution in [0.1, 0.15) is 30.0 Å². The number of hydrogen-bond donors (Lipinski definition) is 0. The van der Waals surface area contributed by atoms with E-state index in [0.29, 0.717) is 23.7 Å². The van der Waals surface area contributed by atoms with Crippen molar-refractivity contribution in [2.24, 2.45) is 0 Å². The highest BCUT2D eigenvalue weighted by Gasteiger charge is 2.36. The standard InChI is InChI=1S/C22H26ClNO4S/c1-15-7-8-21(11-16(15)2)28-17(3)22(25)24(20-9-10-29(26,27)14-20)13-18-5-4-6-19(23)12-18/h4-8,11-12,17,20H,9-10,13-14H2,1-3H3. The van der Waals surface area contributed by atoms with Gasteiger partial charge in [0.05, 0.1) is 11.5 Å². The van der Waals surface area contributed by atoms with Gasteiger partial charge in [-0.15, -0.1) is 0 Å². The van der Waals surface area contributed by atoms with Gasteiger partial charge < -0.3 is 9.64 Å². The molecule has 2 aromatic rings. The van der Waals surface area contributed by atoms with Crippen molar-refractivity contribution in [1.29, 1.82) is 0 Å². The summed E-state index contributed by atoms with van der Waals surface area (Å²) in [6.45, 7) is 6.00. The van der Waals surface area contributed by atoms with Crippen molar-refractivity contribution < 1.29 is 17.9 Å². The molecule has 0 bridgehead atoms. The fourth-order valence-corrected chi connectivity index (χ4v) is 5.46. The van der Waals surface area contributed by atoms with E-state index in [9.17, 15) is 13.2 Å². The van der Waals surface area contributed by atoms with E-state index in [4.69, 9.17) is 16.3 Å². The molecule has 2 atom stereocenters. The van der Waals surface area contributed by atoms with Gasteiger partial charge in [0.15, 0.2) is 15.9 Å². The molecule has 1 fully saturated rings. The van der Waals surface area contributed by atoms with Gasteiger partial charge in [-0.2, -0.15) is 0 Å². The molecule has 1 saturated heterocycles. The molecule has 0 radical (unpaired) electrons. The first-order valence-corrected chi connectivity index (χ1v) is 11.8. The molecule has 0 saturated carbocycles. The summed E-state index contributed by atoms with van der Waals surface area (Å²) in [5.74, 6) is 0.472. The molecular formula is C22H26ClNO4S.